The standard InChI is InChI=1S/C19H25N3O2/c1-2-21-18(23)8-5-9-19(24)22-17(13-20)16-11-10-14-6-3-4-7-15(14)12-16/h3-4,6-7,10-12,17H,2,5,8-9,13,20H2,1H3,(H,21,23)(H,22,24). The van der Waals surface area contributed by atoms with Crippen LogP contribution in [0.3, 0.4) is 0 Å². The van der Waals surface area contributed by atoms with E-state index in [4.69, 9.17) is 5.73 Å². The normalized spacial score (nSPS) is 11.9. The summed E-state index contributed by atoms with van der Waals surface area (Å²) in [6.45, 7) is 2.82. The van der Waals surface area contributed by atoms with Gasteiger partial charge in [-0.2, -0.15) is 0 Å². The average molecular weight is 327 g/mol. The molecule has 128 valence electrons. The summed E-state index contributed by atoms with van der Waals surface area (Å²) in [5.74, 6) is -0.0990. The number of carbonyl (C=O) groups excluding carboxylic acids is 2. The Morgan fingerprint density at radius 3 is 2.46 bits per heavy atom. The molecule has 0 spiro atoms. The van der Waals surface area contributed by atoms with Gasteiger partial charge in [-0.15, -0.1) is 0 Å². The third kappa shape index (κ3) is 5.06. The fraction of sp³-hybridized carbons (Fsp3) is 0.368. The van der Waals surface area contributed by atoms with E-state index in [1.807, 2.05) is 37.3 Å². The lowest BCUT2D eigenvalue weighted by molar-refractivity contribution is -0.122. The fourth-order valence-corrected chi connectivity index (χ4v) is 2.66. The fourth-order valence-electron chi connectivity index (χ4n) is 2.66. The Kier molecular flexibility index (Phi) is 6.75. The van der Waals surface area contributed by atoms with Crippen LogP contribution in [0.4, 0.5) is 0 Å². The number of carbonyl (C=O) groups is 2. The molecule has 2 rings (SSSR count). The molecule has 0 radical (unpaired) electrons. The molecular formula is C19H25N3O2. The molecule has 2 aromatic rings. The molecule has 0 saturated heterocycles. The lowest BCUT2D eigenvalue weighted by atomic mass is 10.0. The van der Waals surface area contributed by atoms with Crippen molar-refractivity contribution in [2.75, 3.05) is 13.1 Å². The molecule has 4 N–H and O–H groups in total. The van der Waals surface area contributed by atoms with Crippen LogP contribution in [0, 0.1) is 0 Å². The Morgan fingerprint density at radius 1 is 1.04 bits per heavy atom. The minimum atomic E-state index is -0.216. The first-order chi connectivity index (χ1) is 11.6. The smallest absolute Gasteiger partial charge is 0.220 e. The van der Waals surface area contributed by atoms with Crippen LogP contribution in [0.25, 0.3) is 10.8 Å². The van der Waals surface area contributed by atoms with E-state index >= 15 is 0 Å². The third-order valence-corrected chi connectivity index (χ3v) is 3.93. The first-order valence-corrected chi connectivity index (χ1v) is 8.39. The van der Waals surface area contributed by atoms with Gasteiger partial charge >= 0.3 is 0 Å². The van der Waals surface area contributed by atoms with Crippen molar-refractivity contribution < 1.29 is 9.59 Å². The van der Waals surface area contributed by atoms with Crippen LogP contribution in [-0.2, 0) is 9.59 Å². The van der Waals surface area contributed by atoms with E-state index in [-0.39, 0.29) is 17.9 Å². The van der Waals surface area contributed by atoms with Crippen LogP contribution in [0.2, 0.25) is 0 Å². The first-order valence-electron chi connectivity index (χ1n) is 8.39. The number of rotatable bonds is 8. The maximum Gasteiger partial charge on any atom is 0.220 e. The largest absolute Gasteiger partial charge is 0.356 e. The summed E-state index contributed by atoms with van der Waals surface area (Å²) in [4.78, 5) is 23.5. The van der Waals surface area contributed by atoms with Gasteiger partial charge in [0.1, 0.15) is 0 Å². The summed E-state index contributed by atoms with van der Waals surface area (Å²) in [5, 5.41) is 7.96. The highest BCUT2D eigenvalue weighted by Gasteiger charge is 2.13. The van der Waals surface area contributed by atoms with Gasteiger partial charge < -0.3 is 16.4 Å². The van der Waals surface area contributed by atoms with Gasteiger partial charge in [0.15, 0.2) is 0 Å². The maximum atomic E-state index is 12.1. The molecule has 0 aliphatic carbocycles. The zero-order chi connectivity index (χ0) is 17.4. The van der Waals surface area contributed by atoms with E-state index in [1.165, 1.54) is 0 Å². The van der Waals surface area contributed by atoms with Crippen molar-refractivity contribution in [1.29, 1.82) is 0 Å². The van der Waals surface area contributed by atoms with Crippen LogP contribution < -0.4 is 16.4 Å². The van der Waals surface area contributed by atoms with Crippen molar-refractivity contribution in [2.45, 2.75) is 32.2 Å². The minimum Gasteiger partial charge on any atom is -0.356 e. The molecule has 2 aromatic carbocycles. The van der Waals surface area contributed by atoms with E-state index in [2.05, 4.69) is 22.8 Å². The van der Waals surface area contributed by atoms with Crippen molar-refractivity contribution in [3.8, 4) is 0 Å². The van der Waals surface area contributed by atoms with Gasteiger partial charge in [-0.1, -0.05) is 36.4 Å². The van der Waals surface area contributed by atoms with Crippen molar-refractivity contribution in [2.24, 2.45) is 5.73 Å². The molecule has 5 nitrogen and oxygen atoms in total. The zero-order valence-electron chi connectivity index (χ0n) is 14.0. The average Bonchev–Trinajstić information content (AvgIpc) is 2.59. The number of nitrogens with two attached hydrogens (primary N) is 1. The molecule has 1 unspecified atom stereocenters. The Hall–Kier alpha value is -2.40. The van der Waals surface area contributed by atoms with Crippen molar-refractivity contribution in [3.05, 3.63) is 48.0 Å². The van der Waals surface area contributed by atoms with Crippen molar-refractivity contribution in [1.82, 2.24) is 10.6 Å². The molecule has 2 amide bonds. The first kappa shape index (κ1) is 17.9. The molecule has 5 heteroatoms. The van der Waals surface area contributed by atoms with Crippen LogP contribution in [-0.4, -0.2) is 24.9 Å². The van der Waals surface area contributed by atoms with Crippen molar-refractivity contribution >= 4 is 22.6 Å². The molecule has 24 heavy (non-hydrogen) atoms. The minimum absolute atomic E-state index is 0.0183. The molecule has 0 aromatic heterocycles. The topological polar surface area (TPSA) is 84.2 Å². The third-order valence-electron chi connectivity index (χ3n) is 3.93. The number of hydrogen-bond acceptors (Lipinski definition) is 3. The van der Waals surface area contributed by atoms with Gasteiger partial charge in [0.2, 0.25) is 11.8 Å². The Balaban J connectivity index is 1.92. The van der Waals surface area contributed by atoms with Crippen LogP contribution in [0.15, 0.2) is 42.5 Å². The van der Waals surface area contributed by atoms with E-state index in [0.29, 0.717) is 32.4 Å². The second kappa shape index (κ2) is 9.03. The van der Waals surface area contributed by atoms with E-state index in [9.17, 15) is 9.59 Å². The summed E-state index contributed by atoms with van der Waals surface area (Å²) in [5.41, 5.74) is 6.83. The zero-order valence-corrected chi connectivity index (χ0v) is 14.0. The highest BCUT2D eigenvalue weighted by molar-refractivity contribution is 5.83. The molecule has 0 aliphatic rings. The van der Waals surface area contributed by atoms with Gasteiger partial charge in [0.05, 0.1) is 6.04 Å². The van der Waals surface area contributed by atoms with E-state index < -0.39 is 0 Å². The number of fused-ring (bicyclic) bond motifs is 1. The second-order valence-electron chi connectivity index (χ2n) is 5.77. The lowest BCUT2D eigenvalue weighted by Crippen LogP contribution is -2.33. The summed E-state index contributed by atoms with van der Waals surface area (Å²) in [6.07, 6.45) is 1.22. The number of hydrogen-bond donors (Lipinski definition) is 3. The highest BCUT2D eigenvalue weighted by Crippen LogP contribution is 2.20. The predicted octanol–water partition coefficient (Wildman–Crippen LogP) is 2.26. The molecule has 1 atom stereocenters. The predicted molar refractivity (Wildman–Crippen MR) is 96.4 cm³/mol. The lowest BCUT2D eigenvalue weighted by Gasteiger charge is -2.18. The number of benzene rings is 2. The Labute approximate surface area is 142 Å². The summed E-state index contributed by atoms with van der Waals surface area (Å²) >= 11 is 0. The summed E-state index contributed by atoms with van der Waals surface area (Å²) < 4.78 is 0. The Morgan fingerprint density at radius 2 is 1.75 bits per heavy atom. The number of nitrogens with one attached hydrogen (secondary N) is 2. The van der Waals surface area contributed by atoms with E-state index in [1.54, 1.807) is 0 Å². The van der Waals surface area contributed by atoms with Crippen LogP contribution >= 0.6 is 0 Å². The molecule has 0 saturated carbocycles. The van der Waals surface area contributed by atoms with Gasteiger partial charge in [-0.3, -0.25) is 9.59 Å². The summed E-state index contributed by atoms with van der Waals surface area (Å²) in [6, 6.07) is 14.0. The monoisotopic (exact) mass is 327 g/mol. The number of amides is 2. The van der Waals surface area contributed by atoms with Gasteiger partial charge in [0, 0.05) is 25.9 Å². The highest BCUT2D eigenvalue weighted by atomic mass is 16.2. The van der Waals surface area contributed by atoms with Crippen LogP contribution in [0.5, 0.6) is 0 Å². The van der Waals surface area contributed by atoms with E-state index in [0.717, 1.165) is 16.3 Å². The van der Waals surface area contributed by atoms with Gasteiger partial charge in [-0.05, 0) is 35.7 Å². The van der Waals surface area contributed by atoms with Gasteiger partial charge in [0.25, 0.3) is 0 Å². The molecule has 0 heterocycles. The molecule has 0 fully saturated rings. The Bertz CT molecular complexity index is 700. The quantitative estimate of drug-likeness (QED) is 0.695. The maximum absolute atomic E-state index is 12.1. The SMILES string of the molecule is CCNC(=O)CCCC(=O)NC(CN)c1ccc2ccccc2c1. The summed E-state index contributed by atoms with van der Waals surface area (Å²) in [7, 11) is 0. The van der Waals surface area contributed by atoms with Gasteiger partial charge in [-0.25, -0.2) is 0 Å². The molecular weight excluding hydrogens is 302 g/mol. The second-order valence-corrected chi connectivity index (χ2v) is 5.77. The molecule has 0 bridgehead atoms. The van der Waals surface area contributed by atoms with Crippen LogP contribution in [0.1, 0.15) is 37.8 Å². The molecule has 0 aliphatic heterocycles. The van der Waals surface area contributed by atoms with Crippen molar-refractivity contribution in [3.63, 3.8) is 0 Å².